The van der Waals surface area contributed by atoms with E-state index in [4.69, 9.17) is 9.47 Å². The first-order chi connectivity index (χ1) is 10.7. The molecule has 4 heteroatoms. The fraction of sp³-hybridized carbons (Fsp3) is 0.500. The second-order valence-corrected chi connectivity index (χ2v) is 5.19. The van der Waals surface area contributed by atoms with Gasteiger partial charge in [-0.2, -0.15) is 0 Å². The highest BCUT2D eigenvalue weighted by Crippen LogP contribution is 2.24. The van der Waals surface area contributed by atoms with Crippen molar-refractivity contribution in [3.05, 3.63) is 29.8 Å². The number of carbonyl (C=O) groups excluding carboxylic acids is 1. The van der Waals surface area contributed by atoms with Crippen LogP contribution in [0.3, 0.4) is 0 Å². The van der Waals surface area contributed by atoms with Crippen molar-refractivity contribution in [3.63, 3.8) is 0 Å². The summed E-state index contributed by atoms with van der Waals surface area (Å²) in [6, 6.07) is 4.91. The molecule has 0 fully saturated rings. The largest absolute Gasteiger partial charge is 0.507 e. The lowest BCUT2D eigenvalue weighted by molar-refractivity contribution is -0.137. The highest BCUT2D eigenvalue weighted by molar-refractivity contribution is 5.87. The molecule has 1 aromatic carbocycles. The van der Waals surface area contributed by atoms with Gasteiger partial charge in [0.15, 0.2) is 0 Å². The van der Waals surface area contributed by atoms with Crippen molar-refractivity contribution in [2.75, 3.05) is 13.7 Å². The summed E-state index contributed by atoms with van der Waals surface area (Å²) in [7, 11) is 1.53. The van der Waals surface area contributed by atoms with E-state index in [1.165, 1.54) is 44.9 Å². The van der Waals surface area contributed by atoms with Gasteiger partial charge in [-0.15, -0.1) is 0 Å². The quantitative estimate of drug-likeness (QED) is 0.397. The van der Waals surface area contributed by atoms with E-state index in [0.717, 1.165) is 12.8 Å². The third-order valence-electron chi connectivity index (χ3n) is 3.38. The maximum atomic E-state index is 11.6. The van der Waals surface area contributed by atoms with Crippen LogP contribution >= 0.6 is 0 Å². The average Bonchev–Trinajstić information content (AvgIpc) is 2.52. The zero-order valence-corrected chi connectivity index (χ0v) is 13.5. The lowest BCUT2D eigenvalue weighted by Gasteiger charge is -2.04. The number of esters is 1. The molecule has 0 heterocycles. The van der Waals surface area contributed by atoms with E-state index in [0.29, 0.717) is 17.9 Å². The standard InChI is InChI=1S/C18H26O4/c1-3-4-5-6-7-8-13-22-18(20)12-10-15-9-11-16(21-2)14-17(15)19/h9-12,14,19H,3-8,13H2,1-2H3. The second kappa shape index (κ2) is 10.7. The van der Waals surface area contributed by atoms with Crippen LogP contribution < -0.4 is 4.74 Å². The van der Waals surface area contributed by atoms with Crippen molar-refractivity contribution in [1.29, 1.82) is 0 Å². The van der Waals surface area contributed by atoms with E-state index < -0.39 is 0 Å². The maximum absolute atomic E-state index is 11.6. The molecule has 0 aromatic heterocycles. The van der Waals surface area contributed by atoms with Gasteiger partial charge in [-0.3, -0.25) is 0 Å². The number of benzene rings is 1. The number of hydrogen-bond acceptors (Lipinski definition) is 4. The SMILES string of the molecule is CCCCCCCCOC(=O)C=Cc1ccc(OC)cc1O. The summed E-state index contributed by atoms with van der Waals surface area (Å²) < 4.78 is 10.1. The third-order valence-corrected chi connectivity index (χ3v) is 3.38. The Bertz CT molecular complexity index is 480. The van der Waals surface area contributed by atoms with Crippen LogP contribution in [0.15, 0.2) is 24.3 Å². The monoisotopic (exact) mass is 306 g/mol. The van der Waals surface area contributed by atoms with Crippen molar-refractivity contribution >= 4 is 12.0 Å². The van der Waals surface area contributed by atoms with Crippen LogP contribution in [-0.2, 0) is 9.53 Å². The number of carbonyl (C=O) groups is 1. The van der Waals surface area contributed by atoms with Gasteiger partial charge in [-0.05, 0) is 24.6 Å². The van der Waals surface area contributed by atoms with Gasteiger partial charge in [0.05, 0.1) is 13.7 Å². The Morgan fingerprint density at radius 2 is 1.91 bits per heavy atom. The topological polar surface area (TPSA) is 55.8 Å². The molecule has 1 rings (SSSR count). The molecule has 1 N–H and O–H groups in total. The fourth-order valence-electron chi connectivity index (χ4n) is 2.05. The molecule has 0 unspecified atom stereocenters. The summed E-state index contributed by atoms with van der Waals surface area (Å²) >= 11 is 0. The first kappa shape index (κ1) is 18.1. The molecule has 0 spiro atoms. The minimum absolute atomic E-state index is 0.0688. The lowest BCUT2D eigenvalue weighted by Crippen LogP contribution is -2.02. The van der Waals surface area contributed by atoms with Gasteiger partial charge in [0.25, 0.3) is 0 Å². The Morgan fingerprint density at radius 3 is 2.59 bits per heavy atom. The van der Waals surface area contributed by atoms with E-state index >= 15 is 0 Å². The molecular weight excluding hydrogens is 280 g/mol. The third kappa shape index (κ3) is 7.16. The molecule has 0 radical (unpaired) electrons. The molecule has 0 amide bonds. The molecule has 0 bridgehead atoms. The molecule has 0 atom stereocenters. The van der Waals surface area contributed by atoms with Gasteiger partial charge in [0, 0.05) is 17.7 Å². The van der Waals surface area contributed by atoms with Crippen molar-refractivity contribution in [2.45, 2.75) is 45.4 Å². The molecule has 22 heavy (non-hydrogen) atoms. The smallest absolute Gasteiger partial charge is 0.330 e. The van der Waals surface area contributed by atoms with Gasteiger partial charge in [-0.25, -0.2) is 4.79 Å². The fourth-order valence-corrected chi connectivity index (χ4v) is 2.05. The van der Waals surface area contributed by atoms with Crippen LogP contribution in [0.4, 0.5) is 0 Å². The van der Waals surface area contributed by atoms with Crippen LogP contribution in [0.2, 0.25) is 0 Å². The van der Waals surface area contributed by atoms with E-state index in [-0.39, 0.29) is 11.7 Å². The minimum atomic E-state index is -0.385. The van der Waals surface area contributed by atoms with E-state index in [9.17, 15) is 9.90 Å². The summed E-state index contributed by atoms with van der Waals surface area (Å²) in [6.45, 7) is 2.64. The molecule has 122 valence electrons. The Morgan fingerprint density at radius 1 is 1.18 bits per heavy atom. The van der Waals surface area contributed by atoms with Crippen molar-refractivity contribution in [1.82, 2.24) is 0 Å². The van der Waals surface area contributed by atoms with Crippen LogP contribution in [0, 0.1) is 0 Å². The van der Waals surface area contributed by atoms with Gasteiger partial charge in [0.1, 0.15) is 11.5 Å². The number of methoxy groups -OCH3 is 1. The maximum Gasteiger partial charge on any atom is 0.330 e. The summed E-state index contributed by atoms with van der Waals surface area (Å²) in [5.74, 6) is 0.253. The predicted molar refractivity (Wildman–Crippen MR) is 88.0 cm³/mol. The van der Waals surface area contributed by atoms with E-state index in [1.807, 2.05) is 0 Å². The Labute approximate surface area is 132 Å². The first-order valence-electron chi connectivity index (χ1n) is 7.89. The summed E-state index contributed by atoms with van der Waals surface area (Å²) in [4.78, 5) is 11.6. The molecule has 0 saturated heterocycles. The number of hydrogen-bond donors (Lipinski definition) is 1. The average molecular weight is 306 g/mol. The number of phenolic OH excluding ortho intramolecular Hbond substituents is 1. The zero-order valence-electron chi connectivity index (χ0n) is 13.5. The number of ether oxygens (including phenoxy) is 2. The summed E-state index contributed by atoms with van der Waals surface area (Å²) in [6.07, 6.45) is 9.82. The molecule has 0 aliphatic rings. The van der Waals surface area contributed by atoms with Gasteiger partial charge in [0.2, 0.25) is 0 Å². The van der Waals surface area contributed by atoms with E-state index in [1.54, 1.807) is 18.2 Å². The lowest BCUT2D eigenvalue weighted by atomic mass is 10.1. The Hall–Kier alpha value is -1.97. The Kier molecular flexibility index (Phi) is 8.80. The highest BCUT2D eigenvalue weighted by Gasteiger charge is 2.02. The molecule has 0 aliphatic heterocycles. The number of phenols is 1. The van der Waals surface area contributed by atoms with Crippen LogP contribution in [0.5, 0.6) is 11.5 Å². The Balaban J connectivity index is 2.27. The molecular formula is C18H26O4. The molecule has 4 nitrogen and oxygen atoms in total. The number of rotatable bonds is 10. The summed E-state index contributed by atoms with van der Waals surface area (Å²) in [5.41, 5.74) is 0.553. The van der Waals surface area contributed by atoms with Crippen molar-refractivity contribution < 1.29 is 19.4 Å². The van der Waals surface area contributed by atoms with Gasteiger partial charge >= 0.3 is 5.97 Å². The van der Waals surface area contributed by atoms with Gasteiger partial charge < -0.3 is 14.6 Å². The first-order valence-corrected chi connectivity index (χ1v) is 7.89. The minimum Gasteiger partial charge on any atom is -0.507 e. The highest BCUT2D eigenvalue weighted by atomic mass is 16.5. The van der Waals surface area contributed by atoms with Crippen LogP contribution in [0.1, 0.15) is 51.0 Å². The van der Waals surface area contributed by atoms with Crippen LogP contribution in [0.25, 0.3) is 6.08 Å². The zero-order chi connectivity index (χ0) is 16.2. The van der Waals surface area contributed by atoms with Crippen molar-refractivity contribution in [3.8, 4) is 11.5 Å². The molecule has 0 aliphatic carbocycles. The van der Waals surface area contributed by atoms with Gasteiger partial charge in [-0.1, -0.05) is 39.0 Å². The molecule has 1 aromatic rings. The second-order valence-electron chi connectivity index (χ2n) is 5.19. The predicted octanol–water partition coefficient (Wildman–Crippen LogP) is 4.32. The normalized spacial score (nSPS) is 10.8. The number of aromatic hydroxyl groups is 1. The van der Waals surface area contributed by atoms with Crippen molar-refractivity contribution in [2.24, 2.45) is 0 Å². The van der Waals surface area contributed by atoms with E-state index in [2.05, 4.69) is 6.92 Å². The summed E-state index contributed by atoms with van der Waals surface area (Å²) in [5, 5.41) is 9.77. The molecule has 0 saturated carbocycles. The van der Waals surface area contributed by atoms with Crippen LogP contribution in [-0.4, -0.2) is 24.8 Å². The number of unbranched alkanes of at least 4 members (excludes halogenated alkanes) is 5.